The van der Waals surface area contributed by atoms with E-state index in [4.69, 9.17) is 11.6 Å². The lowest BCUT2D eigenvalue weighted by molar-refractivity contribution is -0.130. The summed E-state index contributed by atoms with van der Waals surface area (Å²) in [6.07, 6.45) is 2.06. The fourth-order valence-electron chi connectivity index (χ4n) is 3.04. The Balaban J connectivity index is 1.91. The number of halogens is 1. The van der Waals surface area contributed by atoms with Crippen LogP contribution in [0.25, 0.3) is 5.69 Å². The second kappa shape index (κ2) is 6.61. The Hall–Kier alpha value is -2.60. The number of carbonyl (C=O) groups is 2. The highest BCUT2D eigenvalue weighted by Gasteiger charge is 2.46. The van der Waals surface area contributed by atoms with Crippen LogP contribution < -0.4 is 5.32 Å². The molecule has 1 aromatic carbocycles. The Morgan fingerprint density at radius 3 is 2.46 bits per heavy atom. The average Bonchev–Trinajstić information content (AvgIpc) is 3.00. The van der Waals surface area contributed by atoms with Crippen molar-refractivity contribution in [2.45, 2.75) is 39.7 Å². The van der Waals surface area contributed by atoms with E-state index in [1.807, 2.05) is 51.1 Å². The van der Waals surface area contributed by atoms with Crippen LogP contribution in [-0.4, -0.2) is 33.3 Å². The number of carbonyl (C=O) groups excluding carboxylic acids is 2. The van der Waals surface area contributed by atoms with Crippen molar-refractivity contribution in [3.8, 4) is 5.69 Å². The maximum atomic E-state index is 12.4. The van der Waals surface area contributed by atoms with Crippen LogP contribution in [0.15, 0.2) is 35.4 Å². The number of imide groups is 1. The monoisotopic (exact) mass is 372 g/mol. The van der Waals surface area contributed by atoms with Gasteiger partial charge in [-0.3, -0.25) is 4.79 Å². The second-order valence-electron chi connectivity index (χ2n) is 6.62. The van der Waals surface area contributed by atoms with Crippen molar-refractivity contribution >= 4 is 29.8 Å². The molecule has 0 saturated carbocycles. The molecule has 7 heteroatoms. The van der Waals surface area contributed by atoms with Crippen molar-refractivity contribution in [2.24, 2.45) is 5.10 Å². The Kier molecular flexibility index (Phi) is 4.63. The van der Waals surface area contributed by atoms with E-state index >= 15 is 0 Å². The van der Waals surface area contributed by atoms with Crippen molar-refractivity contribution < 1.29 is 9.59 Å². The zero-order valence-electron chi connectivity index (χ0n) is 15.2. The Morgan fingerprint density at radius 1 is 1.23 bits per heavy atom. The molecule has 6 nitrogen and oxygen atoms in total. The van der Waals surface area contributed by atoms with E-state index in [2.05, 4.69) is 15.0 Å². The van der Waals surface area contributed by atoms with Crippen LogP contribution in [0, 0.1) is 13.8 Å². The van der Waals surface area contributed by atoms with E-state index in [0.29, 0.717) is 11.4 Å². The number of amides is 3. The van der Waals surface area contributed by atoms with Gasteiger partial charge in [0.2, 0.25) is 0 Å². The number of urea groups is 1. The third-order valence-electron chi connectivity index (χ3n) is 4.81. The lowest BCUT2D eigenvalue weighted by Crippen LogP contribution is -2.42. The maximum Gasteiger partial charge on any atom is 0.346 e. The molecule has 0 radical (unpaired) electrons. The minimum Gasteiger partial charge on any atom is -0.322 e. The average molecular weight is 373 g/mol. The molecule has 1 fully saturated rings. The highest BCUT2D eigenvalue weighted by Crippen LogP contribution is 2.23. The number of benzene rings is 1. The summed E-state index contributed by atoms with van der Waals surface area (Å²) in [5.41, 5.74) is 2.90. The molecular formula is C19H21ClN4O2. The van der Waals surface area contributed by atoms with Crippen LogP contribution in [0.4, 0.5) is 4.79 Å². The van der Waals surface area contributed by atoms with E-state index in [-0.39, 0.29) is 5.91 Å². The molecule has 1 aromatic heterocycles. The largest absolute Gasteiger partial charge is 0.346 e. The molecular weight excluding hydrogens is 352 g/mol. The first-order chi connectivity index (χ1) is 12.3. The molecule has 1 saturated heterocycles. The smallest absolute Gasteiger partial charge is 0.322 e. The van der Waals surface area contributed by atoms with Crippen molar-refractivity contribution in [2.75, 3.05) is 0 Å². The summed E-state index contributed by atoms with van der Waals surface area (Å²) in [4.78, 5) is 24.5. The number of hydrogen-bond donors (Lipinski definition) is 1. The molecule has 1 N–H and O–H groups in total. The number of nitrogens with zero attached hydrogens (tertiary/aromatic N) is 3. The van der Waals surface area contributed by atoms with Crippen molar-refractivity contribution in [1.29, 1.82) is 0 Å². The second-order valence-corrected chi connectivity index (χ2v) is 7.05. The van der Waals surface area contributed by atoms with Crippen molar-refractivity contribution in [1.82, 2.24) is 14.9 Å². The normalized spacial score (nSPS) is 20.3. The fraction of sp³-hybridized carbons (Fsp3) is 0.316. The summed E-state index contributed by atoms with van der Waals surface area (Å²) in [5, 5.41) is 8.40. The summed E-state index contributed by atoms with van der Waals surface area (Å²) in [6.45, 7) is 7.51. The van der Waals surface area contributed by atoms with Crippen LogP contribution in [0.3, 0.4) is 0 Å². The number of aromatic nitrogens is 1. The maximum absolute atomic E-state index is 12.4. The first-order valence-electron chi connectivity index (χ1n) is 8.42. The number of rotatable bonds is 4. The van der Waals surface area contributed by atoms with E-state index in [1.54, 1.807) is 13.1 Å². The van der Waals surface area contributed by atoms with Crippen molar-refractivity contribution in [3.63, 3.8) is 0 Å². The van der Waals surface area contributed by atoms with Crippen LogP contribution in [0.5, 0.6) is 0 Å². The van der Waals surface area contributed by atoms with Gasteiger partial charge < -0.3 is 9.88 Å². The molecule has 26 heavy (non-hydrogen) atoms. The standard InChI is InChI=1S/C19H21ClN4O2/c1-5-19(4)17(25)24(18(26)22-19)21-11-14-10-12(2)23(13(14)3)16-8-6-15(20)7-9-16/h6-11H,5H2,1-4H3,(H,22,26)/b21-11+. The van der Waals surface area contributed by atoms with Crippen LogP contribution in [0.1, 0.15) is 37.2 Å². The molecule has 1 atom stereocenters. The minimum atomic E-state index is -0.894. The van der Waals surface area contributed by atoms with E-state index < -0.39 is 11.6 Å². The van der Waals surface area contributed by atoms with Gasteiger partial charge in [-0.05, 0) is 57.5 Å². The molecule has 0 spiro atoms. The van der Waals surface area contributed by atoms with Crippen LogP contribution in [-0.2, 0) is 4.79 Å². The number of hydrazone groups is 1. The van der Waals surface area contributed by atoms with Gasteiger partial charge in [-0.25, -0.2) is 4.79 Å². The molecule has 3 rings (SSSR count). The first kappa shape index (κ1) is 18.2. The zero-order chi connectivity index (χ0) is 19.1. The Morgan fingerprint density at radius 2 is 1.88 bits per heavy atom. The number of nitrogens with one attached hydrogen (secondary N) is 1. The molecule has 2 heterocycles. The quantitative estimate of drug-likeness (QED) is 0.655. The summed E-state index contributed by atoms with van der Waals surface area (Å²) in [6, 6.07) is 9.01. The Labute approximate surface area is 157 Å². The van der Waals surface area contributed by atoms with Gasteiger partial charge in [0.25, 0.3) is 5.91 Å². The topological polar surface area (TPSA) is 66.7 Å². The molecule has 0 aliphatic carbocycles. The predicted molar refractivity (Wildman–Crippen MR) is 102 cm³/mol. The van der Waals surface area contributed by atoms with Crippen molar-refractivity contribution in [3.05, 3.63) is 52.3 Å². The fourth-order valence-corrected chi connectivity index (χ4v) is 3.16. The van der Waals surface area contributed by atoms with Crippen LogP contribution >= 0.6 is 11.6 Å². The lowest BCUT2D eigenvalue weighted by atomic mass is 10.00. The summed E-state index contributed by atoms with van der Waals surface area (Å²) < 4.78 is 2.07. The van der Waals surface area contributed by atoms with Gasteiger partial charge in [0, 0.05) is 27.7 Å². The zero-order valence-corrected chi connectivity index (χ0v) is 16.0. The third kappa shape index (κ3) is 3.01. The first-order valence-corrected chi connectivity index (χ1v) is 8.80. The molecule has 0 bridgehead atoms. The Bertz CT molecular complexity index is 901. The molecule has 3 amide bonds. The highest BCUT2D eigenvalue weighted by molar-refractivity contribution is 6.30. The summed E-state index contributed by atoms with van der Waals surface area (Å²) in [5.74, 6) is -0.340. The van der Waals surface area contributed by atoms with Gasteiger partial charge in [0.1, 0.15) is 5.54 Å². The van der Waals surface area contributed by atoms with Gasteiger partial charge in [-0.1, -0.05) is 18.5 Å². The highest BCUT2D eigenvalue weighted by atomic mass is 35.5. The van der Waals surface area contributed by atoms with E-state index in [1.165, 1.54) is 0 Å². The molecule has 1 aliphatic rings. The molecule has 1 unspecified atom stereocenters. The molecule has 2 aromatic rings. The number of aryl methyl sites for hydroxylation is 1. The van der Waals surface area contributed by atoms with Gasteiger partial charge >= 0.3 is 6.03 Å². The van der Waals surface area contributed by atoms with Gasteiger partial charge in [-0.15, -0.1) is 5.01 Å². The predicted octanol–water partition coefficient (Wildman–Crippen LogP) is 3.80. The summed E-state index contributed by atoms with van der Waals surface area (Å²) >= 11 is 5.96. The lowest BCUT2D eigenvalue weighted by Gasteiger charge is -2.17. The summed E-state index contributed by atoms with van der Waals surface area (Å²) in [7, 11) is 0. The number of hydrogen-bond acceptors (Lipinski definition) is 3. The molecule has 136 valence electrons. The van der Waals surface area contributed by atoms with E-state index in [0.717, 1.165) is 27.6 Å². The van der Waals surface area contributed by atoms with Gasteiger partial charge in [-0.2, -0.15) is 5.10 Å². The minimum absolute atomic E-state index is 0.340. The van der Waals surface area contributed by atoms with E-state index in [9.17, 15) is 9.59 Å². The van der Waals surface area contributed by atoms with Crippen LogP contribution in [0.2, 0.25) is 5.02 Å². The molecule has 1 aliphatic heterocycles. The van der Waals surface area contributed by atoms with Gasteiger partial charge in [0.05, 0.1) is 6.21 Å². The third-order valence-corrected chi connectivity index (χ3v) is 5.07. The SMILES string of the molecule is CCC1(C)NC(=O)N(/N=C/c2cc(C)n(-c3ccc(Cl)cc3)c2C)C1=O. The van der Waals surface area contributed by atoms with Gasteiger partial charge in [0.15, 0.2) is 0 Å².